The summed E-state index contributed by atoms with van der Waals surface area (Å²) in [6.45, 7) is 6.94. The molecule has 20 heavy (non-hydrogen) atoms. The highest BCUT2D eigenvalue weighted by Gasteiger charge is 2.08. The molecule has 1 N–H and O–H groups in total. The Labute approximate surface area is 124 Å². The molecule has 2 aromatic rings. The molecule has 0 spiro atoms. The van der Waals surface area contributed by atoms with E-state index >= 15 is 0 Å². The number of rotatable bonds is 4. The highest BCUT2D eigenvalue weighted by molar-refractivity contribution is 6.33. The van der Waals surface area contributed by atoms with Crippen molar-refractivity contribution in [2.24, 2.45) is 0 Å². The fraction of sp³-hybridized carbons (Fsp3) is 0.294. The van der Waals surface area contributed by atoms with Gasteiger partial charge >= 0.3 is 0 Å². The minimum atomic E-state index is -0.243. The van der Waals surface area contributed by atoms with Crippen LogP contribution in [0, 0.1) is 12.7 Å². The number of hydrogen-bond donors (Lipinski definition) is 1. The predicted molar refractivity (Wildman–Crippen MR) is 83.6 cm³/mol. The molecule has 0 atom stereocenters. The first-order chi connectivity index (χ1) is 9.47. The van der Waals surface area contributed by atoms with Gasteiger partial charge in [-0.05, 0) is 41.8 Å². The van der Waals surface area contributed by atoms with Crippen molar-refractivity contribution in [1.82, 2.24) is 5.32 Å². The maximum absolute atomic E-state index is 13.4. The molecule has 0 aliphatic carbocycles. The number of benzene rings is 2. The number of hydrogen-bond acceptors (Lipinski definition) is 1. The largest absolute Gasteiger partial charge is 0.310 e. The summed E-state index contributed by atoms with van der Waals surface area (Å²) >= 11 is 6.35. The van der Waals surface area contributed by atoms with Crippen molar-refractivity contribution < 1.29 is 4.39 Å². The van der Waals surface area contributed by atoms with E-state index in [2.05, 4.69) is 19.2 Å². The molecule has 0 saturated heterocycles. The molecular weight excluding hydrogens is 273 g/mol. The molecule has 2 rings (SSSR count). The van der Waals surface area contributed by atoms with Crippen molar-refractivity contribution in [2.75, 3.05) is 0 Å². The predicted octanol–water partition coefficient (Wildman–Crippen LogP) is 4.95. The van der Waals surface area contributed by atoms with Crippen molar-refractivity contribution >= 4 is 11.6 Å². The molecule has 0 unspecified atom stereocenters. The van der Waals surface area contributed by atoms with Gasteiger partial charge in [-0.25, -0.2) is 4.39 Å². The van der Waals surface area contributed by atoms with Crippen LogP contribution in [0.1, 0.15) is 25.0 Å². The number of aryl methyl sites for hydroxylation is 1. The van der Waals surface area contributed by atoms with Gasteiger partial charge in [0.15, 0.2) is 0 Å². The van der Waals surface area contributed by atoms with Crippen LogP contribution in [0.15, 0.2) is 36.4 Å². The van der Waals surface area contributed by atoms with E-state index in [1.807, 2.05) is 25.1 Å². The summed E-state index contributed by atoms with van der Waals surface area (Å²) in [6, 6.07) is 11.1. The molecule has 0 bridgehead atoms. The van der Waals surface area contributed by atoms with Crippen LogP contribution in [-0.2, 0) is 6.54 Å². The van der Waals surface area contributed by atoms with E-state index in [1.54, 1.807) is 6.07 Å². The average Bonchev–Trinajstić information content (AvgIpc) is 2.39. The Kier molecular flexibility index (Phi) is 4.79. The highest BCUT2D eigenvalue weighted by atomic mass is 35.5. The van der Waals surface area contributed by atoms with Crippen molar-refractivity contribution in [3.63, 3.8) is 0 Å². The normalized spacial score (nSPS) is 11.1. The Morgan fingerprint density at radius 1 is 1.10 bits per heavy atom. The minimum absolute atomic E-state index is 0.243. The molecule has 0 fully saturated rings. The lowest BCUT2D eigenvalue weighted by Gasteiger charge is -2.12. The van der Waals surface area contributed by atoms with E-state index in [9.17, 15) is 4.39 Å². The lowest BCUT2D eigenvalue weighted by atomic mass is 9.99. The van der Waals surface area contributed by atoms with Gasteiger partial charge in [-0.15, -0.1) is 0 Å². The van der Waals surface area contributed by atoms with E-state index in [0.717, 1.165) is 28.8 Å². The molecule has 0 radical (unpaired) electrons. The molecule has 0 aliphatic heterocycles. The van der Waals surface area contributed by atoms with Crippen LogP contribution >= 0.6 is 11.6 Å². The summed E-state index contributed by atoms with van der Waals surface area (Å²) in [5, 5.41) is 4.00. The van der Waals surface area contributed by atoms with Crippen LogP contribution < -0.4 is 5.32 Å². The zero-order chi connectivity index (χ0) is 14.7. The summed E-state index contributed by atoms with van der Waals surface area (Å²) in [7, 11) is 0. The van der Waals surface area contributed by atoms with Crippen LogP contribution in [0.3, 0.4) is 0 Å². The summed E-state index contributed by atoms with van der Waals surface area (Å²) in [5.41, 5.74) is 3.86. The molecule has 0 saturated carbocycles. The quantitative estimate of drug-likeness (QED) is 0.840. The van der Waals surface area contributed by atoms with Gasteiger partial charge in [-0.2, -0.15) is 0 Å². The van der Waals surface area contributed by atoms with Crippen LogP contribution in [0.2, 0.25) is 5.02 Å². The second-order valence-electron chi connectivity index (χ2n) is 5.31. The molecule has 3 heteroatoms. The Balaban J connectivity index is 2.32. The maximum atomic E-state index is 13.4. The number of nitrogens with one attached hydrogen (secondary N) is 1. The minimum Gasteiger partial charge on any atom is -0.310 e. The number of halogens is 2. The Bertz CT molecular complexity index is 608. The maximum Gasteiger partial charge on any atom is 0.123 e. The smallest absolute Gasteiger partial charge is 0.123 e. The lowest BCUT2D eigenvalue weighted by molar-refractivity contribution is 0.589. The van der Waals surface area contributed by atoms with Gasteiger partial charge in [0.25, 0.3) is 0 Å². The summed E-state index contributed by atoms with van der Waals surface area (Å²) in [5.74, 6) is -0.243. The van der Waals surface area contributed by atoms with E-state index in [-0.39, 0.29) is 5.82 Å². The first kappa shape index (κ1) is 15.0. The van der Waals surface area contributed by atoms with Gasteiger partial charge < -0.3 is 5.32 Å². The van der Waals surface area contributed by atoms with Gasteiger partial charge in [-0.3, -0.25) is 0 Å². The first-order valence-corrected chi connectivity index (χ1v) is 7.13. The molecule has 0 heterocycles. The molecule has 106 valence electrons. The SMILES string of the molecule is Cc1ccc(F)cc1-c1ccc(CNC(C)C)cc1Cl. The second-order valence-corrected chi connectivity index (χ2v) is 5.72. The standard InChI is InChI=1S/C17H19ClFN/c1-11(2)20-10-13-5-7-15(17(18)8-13)16-9-14(19)6-4-12(16)3/h4-9,11,20H,10H2,1-3H3. The van der Waals surface area contributed by atoms with E-state index in [1.165, 1.54) is 12.1 Å². The first-order valence-electron chi connectivity index (χ1n) is 6.75. The van der Waals surface area contributed by atoms with Gasteiger partial charge in [0.05, 0.1) is 0 Å². The molecule has 0 aliphatic rings. The zero-order valence-corrected chi connectivity index (χ0v) is 12.8. The summed E-state index contributed by atoms with van der Waals surface area (Å²) in [6.07, 6.45) is 0. The van der Waals surface area contributed by atoms with Crippen LogP contribution in [0.25, 0.3) is 11.1 Å². The fourth-order valence-corrected chi connectivity index (χ4v) is 2.40. The van der Waals surface area contributed by atoms with E-state index in [4.69, 9.17) is 11.6 Å². The summed E-state index contributed by atoms with van der Waals surface area (Å²) < 4.78 is 13.4. The molecule has 0 aromatic heterocycles. The van der Waals surface area contributed by atoms with Gasteiger partial charge in [0, 0.05) is 23.2 Å². The topological polar surface area (TPSA) is 12.0 Å². The lowest BCUT2D eigenvalue weighted by Crippen LogP contribution is -2.21. The third kappa shape index (κ3) is 3.59. The molecule has 0 amide bonds. The summed E-state index contributed by atoms with van der Waals surface area (Å²) in [4.78, 5) is 0. The Morgan fingerprint density at radius 3 is 2.50 bits per heavy atom. The molecular formula is C17H19ClFN. The van der Waals surface area contributed by atoms with Crippen LogP contribution in [0.4, 0.5) is 4.39 Å². The van der Waals surface area contributed by atoms with Gasteiger partial charge in [0.2, 0.25) is 0 Å². The highest BCUT2D eigenvalue weighted by Crippen LogP contribution is 2.31. The third-order valence-electron chi connectivity index (χ3n) is 3.24. The monoisotopic (exact) mass is 291 g/mol. The van der Waals surface area contributed by atoms with Gasteiger partial charge in [-0.1, -0.05) is 43.6 Å². The van der Waals surface area contributed by atoms with E-state index < -0.39 is 0 Å². The van der Waals surface area contributed by atoms with Crippen LogP contribution in [0.5, 0.6) is 0 Å². The molecule has 2 aromatic carbocycles. The van der Waals surface area contributed by atoms with Crippen LogP contribution in [-0.4, -0.2) is 6.04 Å². The Hall–Kier alpha value is -1.38. The third-order valence-corrected chi connectivity index (χ3v) is 3.55. The average molecular weight is 292 g/mol. The fourth-order valence-electron chi connectivity index (χ4n) is 2.09. The molecule has 1 nitrogen and oxygen atoms in total. The van der Waals surface area contributed by atoms with Crippen molar-refractivity contribution in [2.45, 2.75) is 33.4 Å². The van der Waals surface area contributed by atoms with Crippen molar-refractivity contribution in [3.05, 3.63) is 58.4 Å². The van der Waals surface area contributed by atoms with Gasteiger partial charge in [0.1, 0.15) is 5.82 Å². The van der Waals surface area contributed by atoms with E-state index in [0.29, 0.717) is 11.1 Å². The second kappa shape index (κ2) is 6.38. The van der Waals surface area contributed by atoms with Crippen molar-refractivity contribution in [3.8, 4) is 11.1 Å². The zero-order valence-electron chi connectivity index (χ0n) is 12.0. The Morgan fingerprint density at radius 2 is 1.85 bits per heavy atom. The van der Waals surface area contributed by atoms with Crippen molar-refractivity contribution in [1.29, 1.82) is 0 Å².